The molecule has 0 radical (unpaired) electrons. The van der Waals surface area contributed by atoms with E-state index in [0.29, 0.717) is 6.04 Å². The number of rotatable bonds is 6. The topological polar surface area (TPSA) is 29.3 Å². The molecule has 0 heterocycles. The summed E-state index contributed by atoms with van der Waals surface area (Å²) in [6, 6.07) is 7.36. The molecule has 18 heavy (non-hydrogen) atoms. The number of benzene rings is 1. The van der Waals surface area contributed by atoms with Crippen molar-refractivity contribution in [2.75, 3.05) is 11.4 Å². The molecular weight excluding hydrogens is 288 g/mol. The summed E-state index contributed by atoms with van der Waals surface area (Å²) < 4.78 is 1.17. The van der Waals surface area contributed by atoms with Gasteiger partial charge in [0.15, 0.2) is 0 Å². The van der Waals surface area contributed by atoms with E-state index in [1.807, 2.05) is 6.92 Å². The van der Waals surface area contributed by atoms with Gasteiger partial charge >= 0.3 is 0 Å². The zero-order valence-electron chi connectivity index (χ0n) is 11.9. The third kappa shape index (κ3) is 3.99. The van der Waals surface area contributed by atoms with Gasteiger partial charge in [-0.25, -0.2) is 0 Å². The fourth-order valence-corrected chi connectivity index (χ4v) is 2.88. The molecule has 2 N–H and O–H groups in total. The minimum absolute atomic E-state index is 0.208. The van der Waals surface area contributed by atoms with Crippen LogP contribution in [0.1, 0.15) is 39.7 Å². The number of hydrogen-bond donors (Lipinski definition) is 1. The molecule has 1 rings (SSSR count). The third-order valence-electron chi connectivity index (χ3n) is 3.34. The van der Waals surface area contributed by atoms with Crippen LogP contribution in [0.4, 0.5) is 5.69 Å². The van der Waals surface area contributed by atoms with Crippen molar-refractivity contribution in [3.63, 3.8) is 0 Å². The molecule has 0 amide bonds. The molecule has 1 aromatic rings. The average Bonchev–Trinajstić information content (AvgIpc) is 2.31. The van der Waals surface area contributed by atoms with Crippen LogP contribution in [-0.4, -0.2) is 18.6 Å². The van der Waals surface area contributed by atoms with Crippen LogP contribution in [0.15, 0.2) is 22.7 Å². The summed E-state index contributed by atoms with van der Waals surface area (Å²) in [7, 11) is 0. The highest BCUT2D eigenvalue weighted by Gasteiger charge is 2.14. The van der Waals surface area contributed by atoms with Crippen molar-refractivity contribution in [3.05, 3.63) is 28.2 Å². The molecule has 0 fully saturated rings. The molecule has 0 aliphatic heterocycles. The molecule has 0 aliphatic carbocycles. The van der Waals surface area contributed by atoms with Crippen LogP contribution >= 0.6 is 15.9 Å². The monoisotopic (exact) mass is 312 g/mol. The van der Waals surface area contributed by atoms with E-state index in [1.54, 1.807) is 0 Å². The second-order valence-electron chi connectivity index (χ2n) is 5.01. The maximum Gasteiger partial charge on any atom is 0.0513 e. The molecule has 0 aliphatic rings. The summed E-state index contributed by atoms with van der Waals surface area (Å²) in [6.45, 7) is 9.77. The Balaban J connectivity index is 2.96. The molecule has 102 valence electrons. The van der Waals surface area contributed by atoms with Crippen molar-refractivity contribution in [1.29, 1.82) is 0 Å². The van der Waals surface area contributed by atoms with Gasteiger partial charge in [-0.2, -0.15) is 0 Å². The largest absolute Gasteiger partial charge is 0.368 e. The van der Waals surface area contributed by atoms with E-state index in [9.17, 15) is 0 Å². The molecule has 0 bridgehead atoms. The summed E-state index contributed by atoms with van der Waals surface area (Å²) in [5, 5.41) is 0. The van der Waals surface area contributed by atoms with Gasteiger partial charge in [-0.15, -0.1) is 0 Å². The van der Waals surface area contributed by atoms with Gasteiger partial charge in [-0.3, -0.25) is 0 Å². The fourth-order valence-electron chi connectivity index (χ4n) is 2.22. The van der Waals surface area contributed by atoms with Gasteiger partial charge in [-0.1, -0.05) is 13.0 Å². The van der Waals surface area contributed by atoms with E-state index in [-0.39, 0.29) is 6.04 Å². The second kappa shape index (κ2) is 7.15. The van der Waals surface area contributed by atoms with Crippen molar-refractivity contribution in [3.8, 4) is 0 Å². The molecule has 1 aromatic carbocycles. The van der Waals surface area contributed by atoms with Crippen LogP contribution in [0.5, 0.6) is 0 Å². The molecule has 0 aromatic heterocycles. The van der Waals surface area contributed by atoms with Crippen molar-refractivity contribution < 1.29 is 0 Å². The Morgan fingerprint density at radius 1 is 1.28 bits per heavy atom. The minimum atomic E-state index is 0.208. The van der Waals surface area contributed by atoms with Gasteiger partial charge < -0.3 is 10.6 Å². The third-order valence-corrected chi connectivity index (χ3v) is 3.98. The van der Waals surface area contributed by atoms with E-state index in [0.717, 1.165) is 19.4 Å². The molecule has 2 atom stereocenters. The number of halogens is 1. The lowest BCUT2D eigenvalue weighted by Gasteiger charge is -2.30. The quantitative estimate of drug-likeness (QED) is 0.861. The Morgan fingerprint density at radius 3 is 2.39 bits per heavy atom. The van der Waals surface area contributed by atoms with Gasteiger partial charge in [0.2, 0.25) is 0 Å². The number of anilines is 1. The van der Waals surface area contributed by atoms with Crippen molar-refractivity contribution in [2.24, 2.45) is 5.73 Å². The maximum absolute atomic E-state index is 5.84. The Hall–Kier alpha value is -0.540. The summed E-state index contributed by atoms with van der Waals surface area (Å²) in [6.07, 6.45) is 2.08. The summed E-state index contributed by atoms with van der Waals surface area (Å²) in [5.41, 5.74) is 8.41. The van der Waals surface area contributed by atoms with Crippen molar-refractivity contribution in [2.45, 2.75) is 52.6 Å². The van der Waals surface area contributed by atoms with E-state index in [2.05, 4.69) is 59.8 Å². The van der Waals surface area contributed by atoms with E-state index in [1.165, 1.54) is 15.7 Å². The number of hydrogen-bond acceptors (Lipinski definition) is 2. The van der Waals surface area contributed by atoms with Crippen LogP contribution in [0.2, 0.25) is 0 Å². The first-order valence-electron chi connectivity index (χ1n) is 6.80. The molecule has 2 nitrogen and oxygen atoms in total. The SMILES string of the molecule is CCC(C)N(CC)c1ccc(CC(C)N)cc1Br. The number of nitrogens with zero attached hydrogens (tertiary/aromatic N) is 1. The Kier molecular flexibility index (Phi) is 6.16. The van der Waals surface area contributed by atoms with Crippen LogP contribution in [0.3, 0.4) is 0 Å². The first-order valence-corrected chi connectivity index (χ1v) is 7.59. The number of nitrogens with two attached hydrogens (primary N) is 1. The molecule has 0 saturated heterocycles. The lowest BCUT2D eigenvalue weighted by Crippen LogP contribution is -2.32. The molecule has 0 saturated carbocycles. The van der Waals surface area contributed by atoms with E-state index < -0.39 is 0 Å². The molecule has 0 spiro atoms. The lowest BCUT2D eigenvalue weighted by atomic mass is 10.1. The Labute approximate surface area is 120 Å². The lowest BCUT2D eigenvalue weighted by molar-refractivity contribution is 0.629. The van der Waals surface area contributed by atoms with E-state index in [4.69, 9.17) is 5.73 Å². The highest BCUT2D eigenvalue weighted by atomic mass is 79.9. The first kappa shape index (κ1) is 15.5. The zero-order chi connectivity index (χ0) is 13.7. The first-order chi connectivity index (χ1) is 8.49. The minimum Gasteiger partial charge on any atom is -0.368 e. The van der Waals surface area contributed by atoms with Gasteiger partial charge in [0.05, 0.1) is 5.69 Å². The zero-order valence-corrected chi connectivity index (χ0v) is 13.5. The Morgan fingerprint density at radius 2 is 1.94 bits per heavy atom. The smallest absolute Gasteiger partial charge is 0.0513 e. The standard InChI is InChI=1S/C15H25BrN2/c1-5-12(4)18(6-2)15-8-7-13(9-11(3)17)10-14(15)16/h7-8,10-12H,5-6,9,17H2,1-4H3. The van der Waals surface area contributed by atoms with Crippen molar-refractivity contribution in [1.82, 2.24) is 0 Å². The van der Waals surface area contributed by atoms with Gasteiger partial charge in [0.25, 0.3) is 0 Å². The molecular formula is C15H25BrN2. The van der Waals surface area contributed by atoms with Crippen LogP contribution in [-0.2, 0) is 6.42 Å². The second-order valence-corrected chi connectivity index (χ2v) is 5.86. The normalized spacial score (nSPS) is 14.3. The predicted molar refractivity (Wildman–Crippen MR) is 84.3 cm³/mol. The predicted octanol–water partition coefficient (Wildman–Crippen LogP) is 3.96. The van der Waals surface area contributed by atoms with Gasteiger partial charge in [0.1, 0.15) is 0 Å². The summed E-state index contributed by atoms with van der Waals surface area (Å²) in [5.74, 6) is 0. The van der Waals surface area contributed by atoms with Gasteiger partial charge in [0, 0.05) is 23.1 Å². The molecule has 3 heteroatoms. The van der Waals surface area contributed by atoms with Crippen molar-refractivity contribution >= 4 is 21.6 Å². The molecule has 2 unspecified atom stereocenters. The van der Waals surface area contributed by atoms with Crippen LogP contribution in [0, 0.1) is 0 Å². The van der Waals surface area contributed by atoms with Gasteiger partial charge in [-0.05, 0) is 67.2 Å². The maximum atomic E-state index is 5.84. The highest BCUT2D eigenvalue weighted by Crippen LogP contribution is 2.29. The average molecular weight is 313 g/mol. The Bertz CT molecular complexity index is 377. The van der Waals surface area contributed by atoms with E-state index >= 15 is 0 Å². The fraction of sp³-hybridized carbons (Fsp3) is 0.600. The van der Waals surface area contributed by atoms with Crippen LogP contribution in [0.25, 0.3) is 0 Å². The summed E-state index contributed by atoms with van der Waals surface area (Å²) >= 11 is 3.69. The highest BCUT2D eigenvalue weighted by molar-refractivity contribution is 9.10. The summed E-state index contributed by atoms with van der Waals surface area (Å²) in [4.78, 5) is 2.43. The van der Waals surface area contributed by atoms with Crippen LogP contribution < -0.4 is 10.6 Å².